The number of aromatic nitrogens is 2. The number of nitrogens with one attached hydrogen (secondary N) is 4. The quantitative estimate of drug-likeness (QED) is 0.468. The number of carbonyl (C=O) groups is 2. The molecule has 0 bridgehead atoms. The first-order valence-electron chi connectivity index (χ1n) is 9.03. The average Bonchev–Trinajstić information content (AvgIpc) is 2.72. The number of benzene rings is 2. The van der Waals surface area contributed by atoms with Crippen LogP contribution in [0.3, 0.4) is 0 Å². The highest BCUT2D eigenvalue weighted by molar-refractivity contribution is 6.44. The van der Waals surface area contributed by atoms with Gasteiger partial charge in [-0.3, -0.25) is 19.4 Å². The summed E-state index contributed by atoms with van der Waals surface area (Å²) in [6, 6.07) is 10.1. The molecule has 0 saturated heterocycles. The summed E-state index contributed by atoms with van der Waals surface area (Å²) in [5, 5.41) is 8.32. The van der Waals surface area contributed by atoms with Gasteiger partial charge in [-0.15, -0.1) is 0 Å². The van der Waals surface area contributed by atoms with Crippen LogP contribution in [0, 0.1) is 5.82 Å². The van der Waals surface area contributed by atoms with Crippen LogP contribution in [-0.4, -0.2) is 21.8 Å². The van der Waals surface area contributed by atoms with E-state index in [0.717, 1.165) is 0 Å². The molecule has 2 aromatic carbocycles. The zero-order chi connectivity index (χ0) is 22.1. The van der Waals surface area contributed by atoms with Crippen molar-refractivity contribution >= 4 is 58.2 Å². The summed E-state index contributed by atoms with van der Waals surface area (Å²) in [5.74, 6) is -2.60. The van der Waals surface area contributed by atoms with Gasteiger partial charge >= 0.3 is 0 Å². The summed E-state index contributed by atoms with van der Waals surface area (Å²) in [7, 11) is 0. The molecule has 31 heavy (non-hydrogen) atoms. The van der Waals surface area contributed by atoms with E-state index < -0.39 is 29.1 Å². The predicted molar refractivity (Wildman–Crippen MR) is 116 cm³/mol. The maximum Gasteiger partial charge on any atom is 0.258 e. The molecule has 3 aromatic rings. The average molecular weight is 462 g/mol. The fourth-order valence-corrected chi connectivity index (χ4v) is 3.49. The Morgan fingerprint density at radius 1 is 1.13 bits per heavy atom. The van der Waals surface area contributed by atoms with Crippen LogP contribution in [-0.2, 0) is 9.59 Å². The van der Waals surface area contributed by atoms with Gasteiger partial charge < -0.3 is 16.0 Å². The van der Waals surface area contributed by atoms with Crippen molar-refractivity contribution in [3.8, 4) is 0 Å². The van der Waals surface area contributed by atoms with Gasteiger partial charge in [-0.2, -0.15) is 4.98 Å². The highest BCUT2D eigenvalue weighted by Gasteiger charge is 2.35. The second-order valence-corrected chi connectivity index (χ2v) is 7.49. The summed E-state index contributed by atoms with van der Waals surface area (Å²) in [5.41, 5.74) is 0.133. The van der Waals surface area contributed by atoms with E-state index in [1.54, 1.807) is 18.2 Å². The Morgan fingerprint density at radius 2 is 1.87 bits per heavy atom. The maximum absolute atomic E-state index is 13.1. The number of H-pyrrole nitrogens is 1. The fraction of sp³-hybridized carbons (Fsp3) is 0.100. The Kier molecular flexibility index (Phi) is 5.62. The highest BCUT2D eigenvalue weighted by atomic mass is 35.5. The minimum atomic E-state index is -1.09. The van der Waals surface area contributed by atoms with Gasteiger partial charge in [0.2, 0.25) is 17.8 Å². The molecule has 8 nitrogen and oxygen atoms in total. The number of hydrogen-bond donors (Lipinski definition) is 4. The van der Waals surface area contributed by atoms with Crippen molar-refractivity contribution < 1.29 is 14.0 Å². The van der Waals surface area contributed by atoms with E-state index in [4.69, 9.17) is 23.2 Å². The molecule has 0 spiro atoms. The molecular weight excluding hydrogens is 448 g/mol. The summed E-state index contributed by atoms with van der Waals surface area (Å²) in [6.45, 7) is 0. The van der Waals surface area contributed by atoms with Crippen LogP contribution in [0.2, 0.25) is 10.0 Å². The summed E-state index contributed by atoms with van der Waals surface area (Å²) in [6.07, 6.45) is -0.244. The molecular formula is C20H14Cl2FN5O3. The van der Waals surface area contributed by atoms with Crippen LogP contribution in [0.5, 0.6) is 0 Å². The molecule has 1 aliphatic heterocycles. The largest absolute Gasteiger partial charge is 0.326 e. The normalized spacial score (nSPS) is 15.1. The van der Waals surface area contributed by atoms with Crippen LogP contribution in [0.15, 0.2) is 47.3 Å². The Labute approximate surface area is 184 Å². The van der Waals surface area contributed by atoms with Gasteiger partial charge in [-0.1, -0.05) is 29.3 Å². The van der Waals surface area contributed by atoms with E-state index in [1.165, 1.54) is 24.3 Å². The minimum Gasteiger partial charge on any atom is -0.326 e. The van der Waals surface area contributed by atoms with Crippen molar-refractivity contribution in [3.05, 3.63) is 74.2 Å². The number of nitrogens with zero attached hydrogens (tertiary/aromatic N) is 1. The molecule has 1 aromatic heterocycles. The summed E-state index contributed by atoms with van der Waals surface area (Å²) in [4.78, 5) is 44.5. The lowest BCUT2D eigenvalue weighted by Gasteiger charge is -2.24. The number of carbonyl (C=O) groups excluding carboxylic acids is 2. The zero-order valence-electron chi connectivity index (χ0n) is 15.6. The lowest BCUT2D eigenvalue weighted by atomic mass is 9.92. The van der Waals surface area contributed by atoms with E-state index in [9.17, 15) is 18.8 Å². The van der Waals surface area contributed by atoms with E-state index >= 15 is 0 Å². The Bertz CT molecular complexity index is 1250. The third-order valence-electron chi connectivity index (χ3n) is 4.58. The molecule has 2 amide bonds. The third-order valence-corrected chi connectivity index (χ3v) is 5.40. The van der Waals surface area contributed by atoms with E-state index in [0.29, 0.717) is 5.69 Å². The van der Waals surface area contributed by atoms with E-state index in [2.05, 4.69) is 25.9 Å². The van der Waals surface area contributed by atoms with Gasteiger partial charge in [0.25, 0.3) is 5.56 Å². The van der Waals surface area contributed by atoms with Crippen LogP contribution < -0.4 is 21.5 Å². The first-order chi connectivity index (χ1) is 14.8. The monoisotopic (exact) mass is 461 g/mol. The van der Waals surface area contributed by atoms with E-state index in [1.807, 2.05) is 0 Å². The topological polar surface area (TPSA) is 116 Å². The molecule has 0 fully saturated rings. The van der Waals surface area contributed by atoms with Gasteiger partial charge in [-0.05, 0) is 36.4 Å². The minimum absolute atomic E-state index is 0.0138. The SMILES string of the molecule is O=C1CC(C(=O)Nc2cccc(Cl)c2Cl)c2c(nc(Nc3ccc(F)cc3)[nH]c2=O)N1. The number of halogens is 3. The van der Waals surface area contributed by atoms with Crippen molar-refractivity contribution in [1.82, 2.24) is 9.97 Å². The van der Waals surface area contributed by atoms with Gasteiger partial charge in [0.15, 0.2) is 0 Å². The van der Waals surface area contributed by atoms with Crippen LogP contribution >= 0.6 is 23.2 Å². The number of rotatable bonds is 4. The number of anilines is 4. The fourth-order valence-electron chi connectivity index (χ4n) is 3.14. The highest BCUT2D eigenvalue weighted by Crippen LogP contribution is 2.33. The van der Waals surface area contributed by atoms with E-state index in [-0.39, 0.29) is 39.5 Å². The Balaban J connectivity index is 1.65. The Hall–Kier alpha value is -3.43. The van der Waals surface area contributed by atoms with Crippen molar-refractivity contribution in [3.63, 3.8) is 0 Å². The molecule has 1 unspecified atom stereocenters. The molecule has 1 aliphatic rings. The lowest BCUT2D eigenvalue weighted by Crippen LogP contribution is -2.36. The molecule has 0 radical (unpaired) electrons. The van der Waals surface area contributed by atoms with Gasteiger partial charge in [-0.25, -0.2) is 4.39 Å². The second kappa shape index (κ2) is 8.37. The number of hydrogen-bond acceptors (Lipinski definition) is 5. The van der Waals surface area contributed by atoms with Gasteiger partial charge in [0.1, 0.15) is 11.6 Å². The van der Waals surface area contributed by atoms with Crippen molar-refractivity contribution in [2.75, 3.05) is 16.0 Å². The maximum atomic E-state index is 13.1. The van der Waals surface area contributed by atoms with Crippen LogP contribution in [0.4, 0.5) is 27.5 Å². The van der Waals surface area contributed by atoms with Crippen LogP contribution in [0.25, 0.3) is 0 Å². The van der Waals surface area contributed by atoms with Gasteiger partial charge in [0.05, 0.1) is 27.2 Å². The van der Waals surface area contributed by atoms with Gasteiger partial charge in [0, 0.05) is 12.1 Å². The Morgan fingerprint density at radius 3 is 2.61 bits per heavy atom. The van der Waals surface area contributed by atoms with Crippen LogP contribution in [0.1, 0.15) is 17.9 Å². The standard InChI is InChI=1S/C20H14Cl2FN5O3/c21-12-2-1-3-13(16(12)22)25-18(30)11-8-14(29)26-17-15(11)19(31)28-20(27-17)24-10-6-4-9(23)5-7-10/h1-7,11H,8H2,(H,25,30)(H3,24,26,27,28,29,31). The third kappa shape index (κ3) is 4.37. The molecule has 4 N–H and O–H groups in total. The van der Waals surface area contributed by atoms with Crippen molar-refractivity contribution in [2.24, 2.45) is 0 Å². The molecule has 0 aliphatic carbocycles. The zero-order valence-corrected chi connectivity index (χ0v) is 17.1. The van der Waals surface area contributed by atoms with Crippen molar-refractivity contribution in [2.45, 2.75) is 12.3 Å². The predicted octanol–water partition coefficient (Wildman–Crippen LogP) is 4.02. The molecule has 0 saturated carbocycles. The smallest absolute Gasteiger partial charge is 0.258 e. The second-order valence-electron chi connectivity index (χ2n) is 6.70. The molecule has 11 heteroatoms. The summed E-state index contributed by atoms with van der Waals surface area (Å²) >= 11 is 12.1. The first-order valence-corrected chi connectivity index (χ1v) is 9.79. The first kappa shape index (κ1) is 20.8. The molecule has 158 valence electrons. The summed E-state index contributed by atoms with van der Waals surface area (Å²) < 4.78 is 13.1. The number of amides is 2. The number of fused-ring (bicyclic) bond motifs is 1. The molecule has 4 rings (SSSR count). The number of aromatic amines is 1. The molecule has 1 atom stereocenters. The van der Waals surface area contributed by atoms with Crippen molar-refractivity contribution in [1.29, 1.82) is 0 Å². The lowest BCUT2D eigenvalue weighted by molar-refractivity contribution is -0.123. The molecule has 2 heterocycles.